The van der Waals surface area contributed by atoms with Crippen molar-refractivity contribution in [1.29, 1.82) is 0 Å². The van der Waals surface area contributed by atoms with Crippen LogP contribution in [-0.4, -0.2) is 20.5 Å². The first kappa shape index (κ1) is 13.1. The summed E-state index contributed by atoms with van der Waals surface area (Å²) in [5.41, 5.74) is 0.925. The van der Waals surface area contributed by atoms with Gasteiger partial charge in [-0.15, -0.1) is 11.6 Å². The molecule has 0 aliphatic heterocycles. The standard InChI is InChI=1S/C9H18ClNOS/c1-8(6-5-7-10)11-13(12)9(2,3)4/h5-7H2,1-4H3/t13-/m1/s1. The summed E-state index contributed by atoms with van der Waals surface area (Å²) in [6.45, 7) is 7.65. The van der Waals surface area contributed by atoms with Crippen molar-refractivity contribution in [3.8, 4) is 0 Å². The van der Waals surface area contributed by atoms with Gasteiger partial charge < -0.3 is 0 Å². The van der Waals surface area contributed by atoms with E-state index in [9.17, 15) is 4.21 Å². The Morgan fingerprint density at radius 1 is 1.46 bits per heavy atom. The molecule has 13 heavy (non-hydrogen) atoms. The summed E-state index contributed by atoms with van der Waals surface area (Å²) < 4.78 is 15.4. The molecule has 0 aromatic rings. The first-order valence-electron chi connectivity index (χ1n) is 4.40. The molecule has 4 heteroatoms. The van der Waals surface area contributed by atoms with Gasteiger partial charge in [-0.3, -0.25) is 0 Å². The molecule has 1 atom stereocenters. The second kappa shape index (κ2) is 5.76. The highest BCUT2D eigenvalue weighted by Gasteiger charge is 2.18. The van der Waals surface area contributed by atoms with Crippen molar-refractivity contribution >= 4 is 28.3 Å². The van der Waals surface area contributed by atoms with Gasteiger partial charge in [0.05, 0.1) is 4.75 Å². The molecular weight excluding hydrogens is 206 g/mol. The highest BCUT2D eigenvalue weighted by Crippen LogP contribution is 2.13. The fourth-order valence-corrected chi connectivity index (χ4v) is 1.43. The predicted molar refractivity (Wildman–Crippen MR) is 61.0 cm³/mol. The van der Waals surface area contributed by atoms with Crippen LogP contribution in [0.1, 0.15) is 40.5 Å². The van der Waals surface area contributed by atoms with Gasteiger partial charge >= 0.3 is 0 Å². The Morgan fingerprint density at radius 2 is 2.00 bits per heavy atom. The molecule has 0 aliphatic carbocycles. The van der Waals surface area contributed by atoms with Crippen molar-refractivity contribution in [2.24, 2.45) is 4.40 Å². The lowest BCUT2D eigenvalue weighted by Crippen LogP contribution is -2.20. The smallest absolute Gasteiger partial charge is 0.144 e. The van der Waals surface area contributed by atoms with E-state index in [4.69, 9.17) is 11.6 Å². The van der Waals surface area contributed by atoms with Crippen LogP contribution in [0.4, 0.5) is 0 Å². The molecule has 0 N–H and O–H groups in total. The number of rotatable bonds is 4. The van der Waals surface area contributed by atoms with E-state index in [1.165, 1.54) is 0 Å². The maximum absolute atomic E-state index is 11.5. The van der Waals surface area contributed by atoms with E-state index in [1.807, 2.05) is 27.7 Å². The first-order chi connectivity index (χ1) is 5.88. The van der Waals surface area contributed by atoms with Crippen LogP contribution in [0.3, 0.4) is 0 Å². The summed E-state index contributed by atoms with van der Waals surface area (Å²) in [5.74, 6) is 0.634. The molecule has 0 amide bonds. The van der Waals surface area contributed by atoms with Gasteiger partial charge in [0.15, 0.2) is 0 Å². The topological polar surface area (TPSA) is 29.4 Å². The van der Waals surface area contributed by atoms with Crippen molar-refractivity contribution in [2.45, 2.75) is 45.3 Å². The zero-order chi connectivity index (χ0) is 10.5. The van der Waals surface area contributed by atoms with Crippen molar-refractivity contribution < 1.29 is 4.21 Å². The fraction of sp³-hybridized carbons (Fsp3) is 0.889. The largest absolute Gasteiger partial charge is 0.234 e. The summed E-state index contributed by atoms with van der Waals surface area (Å²) in [7, 11) is -1.13. The van der Waals surface area contributed by atoms with Gasteiger partial charge in [-0.2, -0.15) is 4.40 Å². The molecule has 0 radical (unpaired) electrons. The summed E-state index contributed by atoms with van der Waals surface area (Å²) in [4.78, 5) is 0. The minimum Gasteiger partial charge on any atom is -0.234 e. The molecule has 0 aliphatic rings. The van der Waals surface area contributed by atoms with E-state index in [0.29, 0.717) is 5.88 Å². The number of hydrogen-bond donors (Lipinski definition) is 0. The monoisotopic (exact) mass is 223 g/mol. The quantitative estimate of drug-likeness (QED) is 0.532. The molecule has 0 spiro atoms. The van der Waals surface area contributed by atoms with Crippen LogP contribution in [0.15, 0.2) is 4.40 Å². The molecule has 0 bridgehead atoms. The predicted octanol–water partition coefficient (Wildman–Crippen LogP) is 2.93. The van der Waals surface area contributed by atoms with E-state index < -0.39 is 11.0 Å². The summed E-state index contributed by atoms with van der Waals surface area (Å²) in [5, 5.41) is 0. The second-order valence-electron chi connectivity index (χ2n) is 3.98. The van der Waals surface area contributed by atoms with Crippen molar-refractivity contribution in [3.63, 3.8) is 0 Å². The molecule has 0 heterocycles. The van der Waals surface area contributed by atoms with Gasteiger partial charge in [-0.05, 0) is 40.5 Å². The molecule has 2 nitrogen and oxygen atoms in total. The molecular formula is C9H18ClNOS. The average Bonchev–Trinajstić information content (AvgIpc) is 1.99. The van der Waals surface area contributed by atoms with E-state index in [-0.39, 0.29) is 4.75 Å². The third kappa shape index (κ3) is 6.22. The maximum Gasteiger partial charge on any atom is 0.144 e. The lowest BCUT2D eigenvalue weighted by Gasteiger charge is -2.13. The lowest BCUT2D eigenvalue weighted by molar-refractivity contribution is 0.650. The highest BCUT2D eigenvalue weighted by atomic mass is 35.5. The SMILES string of the molecule is CC(CCCCl)=N[S@](=O)C(C)(C)C. The Morgan fingerprint density at radius 3 is 2.38 bits per heavy atom. The summed E-state index contributed by atoms with van der Waals surface area (Å²) >= 11 is 5.54. The van der Waals surface area contributed by atoms with Gasteiger partial charge in [-0.25, -0.2) is 4.21 Å². The van der Waals surface area contributed by atoms with E-state index in [1.54, 1.807) is 0 Å². The molecule has 0 unspecified atom stereocenters. The zero-order valence-corrected chi connectivity index (χ0v) is 10.3. The normalized spacial score (nSPS) is 15.9. The highest BCUT2D eigenvalue weighted by molar-refractivity contribution is 7.85. The Hall–Kier alpha value is 0.110. The van der Waals surface area contributed by atoms with Gasteiger partial charge in [0.2, 0.25) is 0 Å². The van der Waals surface area contributed by atoms with Crippen molar-refractivity contribution in [2.75, 3.05) is 5.88 Å². The van der Waals surface area contributed by atoms with E-state index in [0.717, 1.165) is 18.6 Å². The lowest BCUT2D eigenvalue weighted by atomic mass is 10.2. The van der Waals surface area contributed by atoms with Gasteiger partial charge in [-0.1, -0.05) is 0 Å². The molecule has 0 fully saturated rings. The minimum absolute atomic E-state index is 0.262. The number of hydrogen-bond acceptors (Lipinski definition) is 1. The first-order valence-corrected chi connectivity index (χ1v) is 6.04. The Kier molecular flexibility index (Phi) is 5.81. The average molecular weight is 224 g/mol. The van der Waals surface area contributed by atoms with Crippen LogP contribution < -0.4 is 0 Å². The summed E-state index contributed by atoms with van der Waals surface area (Å²) in [6, 6.07) is 0. The van der Waals surface area contributed by atoms with E-state index >= 15 is 0 Å². The van der Waals surface area contributed by atoms with Crippen LogP contribution in [0, 0.1) is 0 Å². The number of nitrogens with zero attached hydrogens (tertiary/aromatic N) is 1. The number of alkyl halides is 1. The van der Waals surface area contributed by atoms with E-state index in [2.05, 4.69) is 4.40 Å². The van der Waals surface area contributed by atoms with Gasteiger partial charge in [0.25, 0.3) is 0 Å². The minimum atomic E-state index is -1.13. The molecule has 0 aromatic heterocycles. The Bertz CT molecular complexity index is 208. The van der Waals surface area contributed by atoms with Crippen LogP contribution >= 0.6 is 11.6 Å². The molecule has 0 rings (SSSR count). The number of halogens is 1. The second-order valence-corrected chi connectivity index (χ2v) is 6.26. The van der Waals surface area contributed by atoms with Crippen molar-refractivity contribution in [1.82, 2.24) is 0 Å². The molecule has 78 valence electrons. The summed E-state index contributed by atoms with van der Waals surface area (Å²) in [6.07, 6.45) is 1.74. The van der Waals surface area contributed by atoms with Gasteiger partial charge in [0.1, 0.15) is 11.0 Å². The molecule has 0 saturated heterocycles. The maximum atomic E-state index is 11.5. The molecule has 0 saturated carbocycles. The van der Waals surface area contributed by atoms with Crippen LogP contribution in [0.25, 0.3) is 0 Å². The Labute approximate surface area is 88.4 Å². The molecule has 0 aromatic carbocycles. The van der Waals surface area contributed by atoms with Crippen LogP contribution in [0.2, 0.25) is 0 Å². The third-order valence-corrected chi connectivity index (χ3v) is 3.23. The van der Waals surface area contributed by atoms with Gasteiger partial charge in [0, 0.05) is 11.6 Å². The zero-order valence-electron chi connectivity index (χ0n) is 8.76. The van der Waals surface area contributed by atoms with Crippen LogP contribution in [0.5, 0.6) is 0 Å². The van der Waals surface area contributed by atoms with Crippen molar-refractivity contribution in [3.05, 3.63) is 0 Å². The van der Waals surface area contributed by atoms with Crippen LogP contribution in [-0.2, 0) is 11.0 Å². The Balaban J connectivity index is 4.15. The third-order valence-electron chi connectivity index (χ3n) is 1.43. The fourth-order valence-electron chi connectivity index (χ4n) is 0.647.